The van der Waals surface area contributed by atoms with Crippen LogP contribution in [0.3, 0.4) is 0 Å². The molecule has 1 aliphatic heterocycles. The molecule has 1 aliphatic carbocycles. The van der Waals surface area contributed by atoms with Crippen molar-refractivity contribution in [3.05, 3.63) is 34.4 Å². The van der Waals surface area contributed by atoms with Crippen molar-refractivity contribution >= 4 is 24.0 Å². The molecular formula is C20H31ClN4O4. The Morgan fingerprint density at radius 2 is 1.76 bits per heavy atom. The van der Waals surface area contributed by atoms with Crippen LogP contribution in [0, 0.1) is 10.1 Å². The molecule has 162 valence electrons. The standard InChI is InChI=1S/C20H30N4O4.ClH/c1-22-11-13-23(14-12-22)20(9-3-2-4-10-20)16-21-19(25)15-28-18-7-5-17(6-8-18)24(26)27;/h5-8H,2-4,9-16H2,1H3,(H,21,25);1H. The van der Waals surface area contributed by atoms with Crippen LogP contribution >= 0.6 is 12.4 Å². The van der Waals surface area contributed by atoms with Crippen LogP contribution in [-0.2, 0) is 4.79 Å². The normalized spacial score (nSPS) is 19.8. The molecule has 0 radical (unpaired) electrons. The van der Waals surface area contributed by atoms with Crippen LogP contribution in [-0.4, -0.2) is 72.5 Å². The smallest absolute Gasteiger partial charge is 0.269 e. The number of nitro benzene ring substituents is 1. The molecule has 1 aromatic carbocycles. The lowest BCUT2D eigenvalue weighted by molar-refractivity contribution is -0.384. The highest BCUT2D eigenvalue weighted by molar-refractivity contribution is 5.85. The van der Waals surface area contributed by atoms with Gasteiger partial charge in [-0.05, 0) is 32.0 Å². The first-order valence-electron chi connectivity index (χ1n) is 10.1. The number of piperazine rings is 1. The number of nitrogens with one attached hydrogen (secondary N) is 1. The van der Waals surface area contributed by atoms with E-state index >= 15 is 0 Å². The van der Waals surface area contributed by atoms with Gasteiger partial charge < -0.3 is 15.0 Å². The number of halogens is 1. The fourth-order valence-electron chi connectivity index (χ4n) is 4.22. The maximum atomic E-state index is 12.3. The number of hydrogen-bond acceptors (Lipinski definition) is 6. The summed E-state index contributed by atoms with van der Waals surface area (Å²) in [5.74, 6) is 0.296. The number of carbonyl (C=O) groups is 1. The summed E-state index contributed by atoms with van der Waals surface area (Å²) < 4.78 is 5.48. The number of hydrogen-bond donors (Lipinski definition) is 1. The van der Waals surface area contributed by atoms with Gasteiger partial charge >= 0.3 is 0 Å². The van der Waals surface area contributed by atoms with Gasteiger partial charge in [0.05, 0.1) is 4.92 Å². The van der Waals surface area contributed by atoms with Gasteiger partial charge in [-0.1, -0.05) is 19.3 Å². The van der Waals surface area contributed by atoms with E-state index in [0.717, 1.165) is 39.0 Å². The van der Waals surface area contributed by atoms with Gasteiger partial charge in [0.25, 0.3) is 11.6 Å². The minimum absolute atomic E-state index is 0. The van der Waals surface area contributed by atoms with Crippen LogP contribution in [0.4, 0.5) is 5.69 Å². The van der Waals surface area contributed by atoms with E-state index in [1.54, 1.807) is 0 Å². The highest BCUT2D eigenvalue weighted by atomic mass is 35.5. The number of ether oxygens (including phenoxy) is 1. The number of nitro groups is 1. The summed E-state index contributed by atoms with van der Waals surface area (Å²) in [5.41, 5.74) is 0.0610. The van der Waals surface area contributed by atoms with Crippen molar-refractivity contribution in [3.63, 3.8) is 0 Å². The van der Waals surface area contributed by atoms with Crippen LogP contribution in [0.15, 0.2) is 24.3 Å². The summed E-state index contributed by atoms with van der Waals surface area (Å²) in [6.07, 6.45) is 5.94. The quantitative estimate of drug-likeness (QED) is 0.532. The molecule has 1 amide bonds. The summed E-state index contributed by atoms with van der Waals surface area (Å²) in [5, 5.41) is 13.8. The van der Waals surface area contributed by atoms with E-state index in [2.05, 4.69) is 22.2 Å². The number of amides is 1. The van der Waals surface area contributed by atoms with Crippen molar-refractivity contribution in [1.29, 1.82) is 0 Å². The Bertz CT molecular complexity index is 672. The average Bonchev–Trinajstić information content (AvgIpc) is 2.72. The Morgan fingerprint density at radius 3 is 2.34 bits per heavy atom. The number of benzene rings is 1. The maximum Gasteiger partial charge on any atom is 0.269 e. The molecule has 0 unspecified atom stereocenters. The molecule has 2 fully saturated rings. The molecule has 1 heterocycles. The molecule has 1 saturated heterocycles. The largest absolute Gasteiger partial charge is 0.484 e. The zero-order valence-corrected chi connectivity index (χ0v) is 17.8. The second-order valence-electron chi connectivity index (χ2n) is 7.89. The van der Waals surface area contributed by atoms with Crippen LogP contribution in [0.1, 0.15) is 32.1 Å². The molecule has 0 spiro atoms. The van der Waals surface area contributed by atoms with Crippen molar-refractivity contribution in [2.75, 3.05) is 46.4 Å². The molecule has 9 heteroatoms. The van der Waals surface area contributed by atoms with E-state index in [1.165, 1.54) is 43.5 Å². The minimum atomic E-state index is -0.460. The number of nitrogens with zero attached hydrogens (tertiary/aromatic N) is 3. The van der Waals surface area contributed by atoms with Gasteiger partial charge in [-0.2, -0.15) is 0 Å². The van der Waals surface area contributed by atoms with Crippen LogP contribution in [0.25, 0.3) is 0 Å². The molecule has 1 N–H and O–H groups in total. The third-order valence-corrected chi connectivity index (χ3v) is 5.99. The van der Waals surface area contributed by atoms with Gasteiger partial charge in [-0.3, -0.25) is 19.8 Å². The third kappa shape index (κ3) is 6.29. The van der Waals surface area contributed by atoms with Gasteiger partial charge in [0, 0.05) is 50.4 Å². The van der Waals surface area contributed by atoms with Crippen LogP contribution in [0.2, 0.25) is 0 Å². The lowest BCUT2D eigenvalue weighted by atomic mass is 9.79. The number of non-ortho nitro benzene ring substituents is 1. The van der Waals surface area contributed by atoms with Crippen molar-refractivity contribution in [3.8, 4) is 5.75 Å². The first kappa shape index (κ1) is 23.4. The predicted molar refractivity (Wildman–Crippen MR) is 114 cm³/mol. The van der Waals surface area contributed by atoms with Crippen molar-refractivity contribution in [2.24, 2.45) is 0 Å². The molecule has 1 saturated carbocycles. The highest BCUT2D eigenvalue weighted by Gasteiger charge is 2.39. The molecule has 0 atom stereocenters. The summed E-state index contributed by atoms with van der Waals surface area (Å²) >= 11 is 0. The second-order valence-corrected chi connectivity index (χ2v) is 7.89. The fourth-order valence-corrected chi connectivity index (χ4v) is 4.22. The zero-order valence-electron chi connectivity index (χ0n) is 17.0. The molecular weight excluding hydrogens is 396 g/mol. The lowest BCUT2D eigenvalue weighted by Crippen LogP contribution is -2.61. The van der Waals surface area contributed by atoms with Gasteiger partial charge in [0.2, 0.25) is 0 Å². The Labute approximate surface area is 178 Å². The first-order chi connectivity index (χ1) is 13.5. The zero-order chi connectivity index (χ0) is 20.0. The SMILES string of the molecule is CN1CCN(C2(CNC(=O)COc3ccc([N+](=O)[O-])cc3)CCCCC2)CC1.Cl. The Hall–Kier alpha value is -1.90. The van der Waals surface area contributed by atoms with E-state index in [-0.39, 0.29) is 36.1 Å². The van der Waals surface area contributed by atoms with E-state index in [4.69, 9.17) is 4.74 Å². The van der Waals surface area contributed by atoms with Gasteiger partial charge in [-0.15, -0.1) is 12.4 Å². The van der Waals surface area contributed by atoms with Crippen molar-refractivity contribution in [2.45, 2.75) is 37.6 Å². The van der Waals surface area contributed by atoms with Crippen molar-refractivity contribution < 1.29 is 14.5 Å². The highest BCUT2D eigenvalue weighted by Crippen LogP contribution is 2.34. The average molecular weight is 427 g/mol. The molecule has 8 nitrogen and oxygen atoms in total. The Balaban J connectivity index is 0.00000300. The van der Waals surface area contributed by atoms with Crippen LogP contribution < -0.4 is 10.1 Å². The maximum absolute atomic E-state index is 12.3. The Kier molecular flexibility index (Phi) is 8.67. The fraction of sp³-hybridized carbons (Fsp3) is 0.650. The molecule has 1 aromatic rings. The van der Waals surface area contributed by atoms with Crippen molar-refractivity contribution in [1.82, 2.24) is 15.1 Å². The van der Waals surface area contributed by atoms with E-state index in [0.29, 0.717) is 12.3 Å². The minimum Gasteiger partial charge on any atom is -0.484 e. The Morgan fingerprint density at radius 1 is 1.14 bits per heavy atom. The summed E-state index contributed by atoms with van der Waals surface area (Å²) in [6, 6.07) is 5.77. The lowest BCUT2D eigenvalue weighted by Gasteiger charge is -2.49. The van der Waals surface area contributed by atoms with Gasteiger partial charge in [0.15, 0.2) is 6.61 Å². The third-order valence-electron chi connectivity index (χ3n) is 5.99. The number of rotatable bonds is 7. The molecule has 29 heavy (non-hydrogen) atoms. The molecule has 0 bridgehead atoms. The molecule has 0 aromatic heterocycles. The molecule has 3 rings (SSSR count). The second kappa shape index (κ2) is 10.8. The summed E-state index contributed by atoms with van der Waals surface area (Å²) in [4.78, 5) is 27.5. The first-order valence-corrected chi connectivity index (χ1v) is 10.1. The molecule has 2 aliphatic rings. The van der Waals surface area contributed by atoms with Crippen LogP contribution in [0.5, 0.6) is 5.75 Å². The predicted octanol–water partition coefficient (Wildman–Crippen LogP) is 2.46. The number of carbonyl (C=O) groups excluding carboxylic acids is 1. The van der Waals surface area contributed by atoms with E-state index in [1.807, 2.05) is 0 Å². The topological polar surface area (TPSA) is 88.0 Å². The van der Waals surface area contributed by atoms with Gasteiger partial charge in [-0.25, -0.2) is 0 Å². The van der Waals surface area contributed by atoms with E-state index < -0.39 is 4.92 Å². The monoisotopic (exact) mass is 426 g/mol. The summed E-state index contributed by atoms with van der Waals surface area (Å²) in [7, 11) is 2.15. The number of likely N-dealkylation sites (N-methyl/N-ethyl adjacent to an activating group) is 1. The van der Waals surface area contributed by atoms with Gasteiger partial charge in [0.1, 0.15) is 5.75 Å². The summed E-state index contributed by atoms with van der Waals surface area (Å²) in [6.45, 7) is 4.80. The van der Waals surface area contributed by atoms with E-state index in [9.17, 15) is 14.9 Å².